The SMILES string of the molecule is O=C1C[C@H](NCCN2CCOCC2)C(=O)N1c1ccc(Br)cc1. The second kappa shape index (κ2) is 7.53. The Kier molecular flexibility index (Phi) is 5.42. The average Bonchev–Trinajstić information content (AvgIpc) is 2.84. The maximum atomic E-state index is 12.5. The lowest BCUT2D eigenvalue weighted by Gasteiger charge is -2.27. The zero-order valence-corrected chi connectivity index (χ0v) is 14.4. The quantitative estimate of drug-likeness (QED) is 0.771. The number of nitrogens with one attached hydrogen (secondary N) is 1. The lowest BCUT2D eigenvalue weighted by atomic mass is 10.2. The Bertz CT molecular complexity index is 572. The number of anilines is 1. The monoisotopic (exact) mass is 381 g/mol. The molecule has 2 saturated heterocycles. The van der Waals surface area contributed by atoms with Gasteiger partial charge in [-0.3, -0.25) is 14.5 Å². The first-order valence-electron chi connectivity index (χ1n) is 7.81. The van der Waals surface area contributed by atoms with Gasteiger partial charge in [0.1, 0.15) is 0 Å². The van der Waals surface area contributed by atoms with Crippen molar-refractivity contribution in [2.75, 3.05) is 44.3 Å². The van der Waals surface area contributed by atoms with Crippen LogP contribution in [0.15, 0.2) is 28.7 Å². The number of benzene rings is 1. The summed E-state index contributed by atoms with van der Waals surface area (Å²) in [5, 5.41) is 3.22. The van der Waals surface area contributed by atoms with E-state index in [4.69, 9.17) is 4.74 Å². The van der Waals surface area contributed by atoms with E-state index in [-0.39, 0.29) is 18.2 Å². The molecule has 7 heteroatoms. The van der Waals surface area contributed by atoms with Crippen LogP contribution in [0, 0.1) is 0 Å². The maximum absolute atomic E-state index is 12.5. The molecular weight excluding hydrogens is 362 g/mol. The fourth-order valence-corrected chi connectivity index (χ4v) is 3.14. The third kappa shape index (κ3) is 3.98. The summed E-state index contributed by atoms with van der Waals surface area (Å²) in [5.41, 5.74) is 0.626. The molecule has 2 heterocycles. The molecule has 0 unspecified atom stereocenters. The van der Waals surface area contributed by atoms with Crippen LogP contribution in [0.2, 0.25) is 0 Å². The van der Waals surface area contributed by atoms with Crippen molar-refractivity contribution >= 4 is 33.4 Å². The van der Waals surface area contributed by atoms with E-state index in [1.807, 2.05) is 12.1 Å². The number of hydrogen-bond acceptors (Lipinski definition) is 5. The molecule has 0 aliphatic carbocycles. The van der Waals surface area contributed by atoms with Gasteiger partial charge >= 0.3 is 0 Å². The van der Waals surface area contributed by atoms with Crippen molar-refractivity contribution in [1.82, 2.24) is 10.2 Å². The van der Waals surface area contributed by atoms with Crippen LogP contribution >= 0.6 is 15.9 Å². The van der Waals surface area contributed by atoms with Crippen LogP contribution < -0.4 is 10.2 Å². The summed E-state index contributed by atoms with van der Waals surface area (Å²) in [7, 11) is 0. The number of rotatable bonds is 5. The standard InChI is InChI=1S/C16H20BrN3O3/c17-12-1-3-13(4-2-12)20-15(21)11-14(16(20)22)18-5-6-19-7-9-23-10-8-19/h1-4,14,18H,5-11H2/t14-/m0/s1. The van der Waals surface area contributed by atoms with Gasteiger partial charge in [-0.25, -0.2) is 4.90 Å². The molecule has 6 nitrogen and oxygen atoms in total. The highest BCUT2D eigenvalue weighted by Crippen LogP contribution is 2.24. The van der Waals surface area contributed by atoms with E-state index in [9.17, 15) is 9.59 Å². The molecule has 1 N–H and O–H groups in total. The Morgan fingerprint density at radius 3 is 2.57 bits per heavy atom. The van der Waals surface area contributed by atoms with Crippen LogP contribution in [0.25, 0.3) is 0 Å². The van der Waals surface area contributed by atoms with Gasteiger partial charge in [0, 0.05) is 30.7 Å². The van der Waals surface area contributed by atoms with Gasteiger partial charge in [0.15, 0.2) is 0 Å². The lowest BCUT2D eigenvalue weighted by Crippen LogP contribution is -2.44. The topological polar surface area (TPSA) is 61.9 Å². The molecule has 0 saturated carbocycles. The van der Waals surface area contributed by atoms with Gasteiger partial charge in [0.05, 0.1) is 31.4 Å². The van der Waals surface area contributed by atoms with Gasteiger partial charge in [0.2, 0.25) is 5.91 Å². The highest BCUT2D eigenvalue weighted by atomic mass is 79.9. The summed E-state index contributed by atoms with van der Waals surface area (Å²) in [6, 6.07) is 6.78. The maximum Gasteiger partial charge on any atom is 0.251 e. The molecule has 2 amide bonds. The minimum absolute atomic E-state index is 0.152. The fraction of sp³-hybridized carbons (Fsp3) is 0.500. The first kappa shape index (κ1) is 16.6. The Hall–Kier alpha value is -1.28. The molecule has 0 spiro atoms. The van der Waals surface area contributed by atoms with E-state index in [0.29, 0.717) is 12.2 Å². The van der Waals surface area contributed by atoms with Gasteiger partial charge in [0.25, 0.3) is 5.91 Å². The smallest absolute Gasteiger partial charge is 0.251 e. The predicted molar refractivity (Wildman–Crippen MR) is 90.3 cm³/mol. The third-order valence-corrected chi connectivity index (χ3v) is 4.68. The van der Waals surface area contributed by atoms with Crippen molar-refractivity contribution in [1.29, 1.82) is 0 Å². The highest BCUT2D eigenvalue weighted by molar-refractivity contribution is 9.10. The number of imide groups is 1. The predicted octanol–water partition coefficient (Wildman–Crippen LogP) is 1.00. The molecule has 0 radical (unpaired) electrons. The molecule has 1 atom stereocenters. The molecule has 124 valence electrons. The second-order valence-corrected chi connectivity index (χ2v) is 6.62. The Morgan fingerprint density at radius 2 is 1.87 bits per heavy atom. The first-order valence-corrected chi connectivity index (χ1v) is 8.60. The summed E-state index contributed by atoms with van der Waals surface area (Å²) >= 11 is 3.35. The minimum atomic E-state index is -0.424. The number of carbonyl (C=O) groups excluding carboxylic acids is 2. The number of carbonyl (C=O) groups is 2. The molecular formula is C16H20BrN3O3. The van der Waals surface area contributed by atoms with Gasteiger partial charge in [-0.1, -0.05) is 15.9 Å². The van der Waals surface area contributed by atoms with Crippen LogP contribution in [-0.2, 0) is 14.3 Å². The second-order valence-electron chi connectivity index (χ2n) is 5.71. The summed E-state index contributed by atoms with van der Waals surface area (Å²) in [4.78, 5) is 28.2. The molecule has 2 fully saturated rings. The van der Waals surface area contributed by atoms with Crippen LogP contribution in [-0.4, -0.2) is 62.1 Å². The molecule has 23 heavy (non-hydrogen) atoms. The van der Waals surface area contributed by atoms with E-state index < -0.39 is 6.04 Å². The molecule has 3 rings (SSSR count). The summed E-state index contributed by atoms with van der Waals surface area (Å²) in [6.07, 6.45) is 0.220. The van der Waals surface area contributed by atoms with Crippen LogP contribution in [0.1, 0.15) is 6.42 Å². The number of hydrogen-bond donors (Lipinski definition) is 1. The molecule has 1 aromatic rings. The number of nitrogens with zero attached hydrogens (tertiary/aromatic N) is 2. The van der Waals surface area contributed by atoms with Crippen molar-refractivity contribution in [3.05, 3.63) is 28.7 Å². The molecule has 2 aliphatic rings. The van der Waals surface area contributed by atoms with Crippen molar-refractivity contribution < 1.29 is 14.3 Å². The molecule has 0 bridgehead atoms. The zero-order valence-electron chi connectivity index (χ0n) is 12.8. The largest absolute Gasteiger partial charge is 0.379 e. The molecule has 1 aromatic carbocycles. The van der Waals surface area contributed by atoms with Crippen LogP contribution in [0.4, 0.5) is 5.69 Å². The number of halogens is 1. The number of morpholine rings is 1. The fourth-order valence-electron chi connectivity index (χ4n) is 2.87. The van der Waals surface area contributed by atoms with E-state index in [2.05, 4.69) is 26.1 Å². The van der Waals surface area contributed by atoms with E-state index in [0.717, 1.165) is 37.3 Å². The number of amides is 2. The molecule has 2 aliphatic heterocycles. The van der Waals surface area contributed by atoms with Crippen molar-refractivity contribution in [2.45, 2.75) is 12.5 Å². The summed E-state index contributed by atoms with van der Waals surface area (Å²) in [6.45, 7) is 4.92. The Labute approximate surface area is 143 Å². The van der Waals surface area contributed by atoms with Gasteiger partial charge in [-0.15, -0.1) is 0 Å². The summed E-state index contributed by atoms with van der Waals surface area (Å²) in [5.74, 6) is -0.319. The number of ether oxygens (including phenoxy) is 1. The van der Waals surface area contributed by atoms with Gasteiger partial charge in [-0.2, -0.15) is 0 Å². The van der Waals surface area contributed by atoms with Crippen molar-refractivity contribution in [2.24, 2.45) is 0 Å². The molecule has 0 aromatic heterocycles. The minimum Gasteiger partial charge on any atom is -0.379 e. The normalized spacial score (nSPS) is 22.8. The van der Waals surface area contributed by atoms with Crippen molar-refractivity contribution in [3.63, 3.8) is 0 Å². The zero-order chi connectivity index (χ0) is 16.2. The van der Waals surface area contributed by atoms with Crippen LogP contribution in [0.5, 0.6) is 0 Å². The summed E-state index contributed by atoms with van der Waals surface area (Å²) < 4.78 is 6.23. The van der Waals surface area contributed by atoms with Crippen molar-refractivity contribution in [3.8, 4) is 0 Å². The average molecular weight is 382 g/mol. The highest BCUT2D eigenvalue weighted by Gasteiger charge is 2.39. The Balaban J connectivity index is 1.54. The third-order valence-electron chi connectivity index (χ3n) is 4.15. The van der Waals surface area contributed by atoms with Gasteiger partial charge in [-0.05, 0) is 24.3 Å². The van der Waals surface area contributed by atoms with E-state index in [1.165, 1.54) is 4.90 Å². The lowest BCUT2D eigenvalue weighted by molar-refractivity contribution is -0.121. The van der Waals surface area contributed by atoms with E-state index >= 15 is 0 Å². The first-order chi connectivity index (χ1) is 11.1. The Morgan fingerprint density at radius 1 is 1.17 bits per heavy atom. The van der Waals surface area contributed by atoms with Crippen LogP contribution in [0.3, 0.4) is 0 Å². The van der Waals surface area contributed by atoms with Gasteiger partial charge < -0.3 is 10.1 Å². The van der Waals surface area contributed by atoms with E-state index in [1.54, 1.807) is 12.1 Å².